The second kappa shape index (κ2) is 5.27. The molecular weight excluding hydrogens is 253 g/mol. The van der Waals surface area contributed by atoms with Gasteiger partial charge >= 0.3 is 0 Å². The number of rotatable bonds is 3. The highest BCUT2D eigenvalue weighted by Gasteiger charge is 2.04. The number of nitrogen functional groups attached to an aromatic ring is 1. The number of aryl methyl sites for hydroxylation is 1. The quantitative estimate of drug-likeness (QED) is 0.853. The first-order valence-electron chi connectivity index (χ1n) is 5.49. The van der Waals surface area contributed by atoms with Crippen LogP contribution in [0.4, 0.5) is 10.1 Å². The Morgan fingerprint density at radius 1 is 1.22 bits per heavy atom. The van der Waals surface area contributed by atoms with Gasteiger partial charge in [0.05, 0.1) is 0 Å². The maximum absolute atomic E-state index is 13.5. The summed E-state index contributed by atoms with van der Waals surface area (Å²) in [6.45, 7) is 2.05. The van der Waals surface area contributed by atoms with Crippen LogP contribution in [0.15, 0.2) is 36.4 Å². The van der Waals surface area contributed by atoms with Crippen LogP contribution in [0, 0.1) is 12.7 Å². The van der Waals surface area contributed by atoms with Crippen LogP contribution in [-0.2, 0) is 6.61 Å². The number of halogens is 2. The van der Waals surface area contributed by atoms with Crippen LogP contribution < -0.4 is 10.5 Å². The topological polar surface area (TPSA) is 35.2 Å². The van der Waals surface area contributed by atoms with Gasteiger partial charge in [0, 0.05) is 16.3 Å². The Hall–Kier alpha value is -1.74. The third-order valence-corrected chi connectivity index (χ3v) is 2.89. The minimum Gasteiger partial charge on any atom is -0.489 e. The Morgan fingerprint density at radius 2 is 2.00 bits per heavy atom. The summed E-state index contributed by atoms with van der Waals surface area (Å²) in [5.74, 6) is 0.297. The van der Waals surface area contributed by atoms with Crippen molar-refractivity contribution in [2.75, 3.05) is 5.73 Å². The lowest BCUT2D eigenvalue weighted by atomic mass is 10.2. The highest BCUT2D eigenvalue weighted by atomic mass is 35.5. The monoisotopic (exact) mass is 265 g/mol. The van der Waals surface area contributed by atoms with Crippen molar-refractivity contribution in [3.63, 3.8) is 0 Å². The molecule has 0 aliphatic heterocycles. The normalized spacial score (nSPS) is 10.4. The first-order valence-corrected chi connectivity index (χ1v) is 5.87. The predicted octanol–water partition coefficient (Wildman–Crippen LogP) is 3.95. The van der Waals surface area contributed by atoms with E-state index in [1.807, 2.05) is 13.0 Å². The highest BCUT2D eigenvalue weighted by Crippen LogP contribution is 2.21. The molecule has 0 amide bonds. The zero-order valence-corrected chi connectivity index (χ0v) is 10.7. The molecule has 0 aromatic heterocycles. The number of anilines is 1. The maximum atomic E-state index is 13.5. The summed E-state index contributed by atoms with van der Waals surface area (Å²) in [4.78, 5) is 0. The van der Waals surface area contributed by atoms with E-state index in [-0.39, 0.29) is 12.4 Å². The minimum atomic E-state index is -0.366. The molecule has 0 spiro atoms. The number of nitrogens with two attached hydrogens (primary N) is 1. The third-order valence-electron chi connectivity index (χ3n) is 2.65. The van der Waals surface area contributed by atoms with E-state index in [0.29, 0.717) is 22.0 Å². The Labute approximate surface area is 110 Å². The van der Waals surface area contributed by atoms with E-state index < -0.39 is 0 Å². The Balaban J connectivity index is 2.09. The molecule has 0 saturated carbocycles. The largest absolute Gasteiger partial charge is 0.489 e. The number of benzene rings is 2. The van der Waals surface area contributed by atoms with Crippen LogP contribution in [0.25, 0.3) is 0 Å². The molecule has 2 nitrogen and oxygen atoms in total. The lowest BCUT2D eigenvalue weighted by molar-refractivity contribution is 0.299. The lowest BCUT2D eigenvalue weighted by Gasteiger charge is -2.09. The molecule has 0 radical (unpaired) electrons. The van der Waals surface area contributed by atoms with Gasteiger partial charge in [0.2, 0.25) is 0 Å². The van der Waals surface area contributed by atoms with E-state index in [2.05, 4.69) is 0 Å². The number of ether oxygens (including phenoxy) is 1. The van der Waals surface area contributed by atoms with Crippen molar-refractivity contribution in [3.05, 3.63) is 58.4 Å². The molecule has 0 heterocycles. The Morgan fingerprint density at radius 3 is 2.67 bits per heavy atom. The Kier molecular flexibility index (Phi) is 3.72. The van der Waals surface area contributed by atoms with E-state index in [1.54, 1.807) is 24.3 Å². The van der Waals surface area contributed by atoms with Gasteiger partial charge in [-0.05, 0) is 42.8 Å². The van der Waals surface area contributed by atoms with Gasteiger partial charge in [-0.2, -0.15) is 0 Å². The summed E-state index contributed by atoms with van der Waals surface area (Å²) >= 11 is 5.68. The van der Waals surface area contributed by atoms with Crippen LogP contribution >= 0.6 is 11.6 Å². The molecule has 2 aromatic carbocycles. The van der Waals surface area contributed by atoms with E-state index in [0.717, 1.165) is 5.56 Å². The summed E-state index contributed by atoms with van der Waals surface area (Å²) in [6, 6.07) is 9.87. The Bertz CT molecular complexity index is 572. The first-order chi connectivity index (χ1) is 8.56. The van der Waals surface area contributed by atoms with Crippen LogP contribution in [0.3, 0.4) is 0 Å². The van der Waals surface area contributed by atoms with Gasteiger partial charge in [-0.25, -0.2) is 4.39 Å². The fraction of sp³-hybridized carbons (Fsp3) is 0.143. The standard InChI is InChI=1S/C14H13ClFNO/c1-9-6-12(4-5-14(9)17)18-8-10-2-3-11(15)7-13(10)16/h2-7H,8,17H2,1H3. The molecule has 0 atom stereocenters. The summed E-state index contributed by atoms with van der Waals surface area (Å²) in [5.41, 5.74) is 7.82. The second-order valence-corrected chi connectivity index (χ2v) is 4.48. The summed E-state index contributed by atoms with van der Waals surface area (Å²) in [6.07, 6.45) is 0. The van der Waals surface area contributed by atoms with Crippen LogP contribution in [0.2, 0.25) is 5.02 Å². The molecule has 94 valence electrons. The number of hydrogen-bond donors (Lipinski definition) is 1. The zero-order valence-electron chi connectivity index (χ0n) is 9.91. The van der Waals surface area contributed by atoms with Crippen molar-refractivity contribution >= 4 is 17.3 Å². The minimum absolute atomic E-state index is 0.159. The lowest BCUT2D eigenvalue weighted by Crippen LogP contribution is -1.99. The molecule has 2 rings (SSSR count). The van der Waals surface area contributed by atoms with Crippen LogP contribution in [0.1, 0.15) is 11.1 Å². The van der Waals surface area contributed by atoms with Crippen molar-refractivity contribution < 1.29 is 9.13 Å². The number of hydrogen-bond acceptors (Lipinski definition) is 2. The van der Waals surface area contributed by atoms with Crippen molar-refractivity contribution in [3.8, 4) is 5.75 Å². The molecule has 0 aliphatic rings. The van der Waals surface area contributed by atoms with Gasteiger partial charge in [-0.1, -0.05) is 17.7 Å². The summed E-state index contributed by atoms with van der Waals surface area (Å²) < 4.78 is 19.0. The van der Waals surface area contributed by atoms with Gasteiger partial charge in [0.25, 0.3) is 0 Å². The van der Waals surface area contributed by atoms with Crippen molar-refractivity contribution in [2.45, 2.75) is 13.5 Å². The van der Waals surface area contributed by atoms with Gasteiger partial charge < -0.3 is 10.5 Å². The van der Waals surface area contributed by atoms with Crippen molar-refractivity contribution in [1.82, 2.24) is 0 Å². The van der Waals surface area contributed by atoms with E-state index in [9.17, 15) is 4.39 Å². The molecule has 0 unspecified atom stereocenters. The summed E-state index contributed by atoms with van der Waals surface area (Å²) in [5, 5.41) is 0.375. The van der Waals surface area contributed by atoms with E-state index in [4.69, 9.17) is 22.1 Å². The fourth-order valence-electron chi connectivity index (χ4n) is 1.54. The fourth-order valence-corrected chi connectivity index (χ4v) is 1.70. The van der Waals surface area contributed by atoms with E-state index >= 15 is 0 Å². The second-order valence-electron chi connectivity index (χ2n) is 4.04. The molecule has 2 N–H and O–H groups in total. The molecule has 0 bridgehead atoms. The smallest absolute Gasteiger partial charge is 0.131 e. The molecule has 0 fully saturated rings. The van der Waals surface area contributed by atoms with Gasteiger partial charge in [-0.15, -0.1) is 0 Å². The predicted molar refractivity (Wildman–Crippen MR) is 71.3 cm³/mol. The van der Waals surface area contributed by atoms with Crippen molar-refractivity contribution in [1.29, 1.82) is 0 Å². The zero-order chi connectivity index (χ0) is 13.1. The van der Waals surface area contributed by atoms with Crippen LogP contribution in [0.5, 0.6) is 5.75 Å². The average Bonchev–Trinajstić information content (AvgIpc) is 2.32. The van der Waals surface area contributed by atoms with Crippen molar-refractivity contribution in [2.24, 2.45) is 0 Å². The molecule has 4 heteroatoms. The molecule has 0 aliphatic carbocycles. The van der Waals surface area contributed by atoms with Gasteiger partial charge in [0.1, 0.15) is 18.2 Å². The van der Waals surface area contributed by atoms with E-state index in [1.165, 1.54) is 6.07 Å². The SMILES string of the molecule is Cc1cc(OCc2ccc(Cl)cc2F)ccc1N. The van der Waals surface area contributed by atoms with Gasteiger partial charge in [-0.3, -0.25) is 0 Å². The first kappa shape index (κ1) is 12.7. The average molecular weight is 266 g/mol. The maximum Gasteiger partial charge on any atom is 0.131 e. The summed E-state index contributed by atoms with van der Waals surface area (Å²) in [7, 11) is 0. The third kappa shape index (κ3) is 2.93. The molecule has 18 heavy (non-hydrogen) atoms. The molecule has 2 aromatic rings. The molecular formula is C14H13ClFNO. The highest BCUT2D eigenvalue weighted by molar-refractivity contribution is 6.30. The molecule has 0 saturated heterocycles. The van der Waals surface area contributed by atoms with Crippen LogP contribution in [-0.4, -0.2) is 0 Å². The van der Waals surface area contributed by atoms with Gasteiger partial charge in [0.15, 0.2) is 0 Å².